The lowest BCUT2D eigenvalue weighted by atomic mass is 10.1. The number of hydrogen-bond donors (Lipinski definition) is 0. The van der Waals surface area contributed by atoms with Crippen LogP contribution in [0.15, 0.2) is 18.2 Å². The Morgan fingerprint density at radius 3 is 3.00 bits per heavy atom. The normalized spacial score (nSPS) is 22.7. The van der Waals surface area contributed by atoms with Crippen molar-refractivity contribution in [1.82, 2.24) is 4.90 Å². The van der Waals surface area contributed by atoms with Crippen LogP contribution in [-0.2, 0) is 4.74 Å². The van der Waals surface area contributed by atoms with E-state index in [1.807, 2.05) is 6.92 Å². The molecular weight excluding hydrogens is 329 g/mol. The number of rotatable bonds is 3. The first kappa shape index (κ1) is 15.3. The number of ether oxygens (including phenoxy) is 2. The Bertz CT molecular complexity index is 497. The van der Waals surface area contributed by atoms with Gasteiger partial charge in [0.15, 0.2) is 11.6 Å². The number of methoxy groups -OCH3 is 1. The van der Waals surface area contributed by atoms with Gasteiger partial charge in [0.05, 0.1) is 25.9 Å². The summed E-state index contributed by atoms with van der Waals surface area (Å²) in [5, 5.41) is 0.677. The van der Waals surface area contributed by atoms with E-state index in [9.17, 15) is 9.18 Å². The molecule has 6 heteroatoms. The minimum absolute atomic E-state index is 0.00570. The number of morpholine rings is 1. The van der Waals surface area contributed by atoms with Crippen molar-refractivity contribution in [3.63, 3.8) is 0 Å². The lowest BCUT2D eigenvalue weighted by Crippen LogP contribution is -2.51. The van der Waals surface area contributed by atoms with Crippen molar-refractivity contribution in [2.24, 2.45) is 0 Å². The number of benzene rings is 1. The maximum absolute atomic E-state index is 13.4. The van der Waals surface area contributed by atoms with E-state index < -0.39 is 5.82 Å². The molecule has 0 saturated carbocycles. The Hall–Kier alpha value is -1.14. The Labute approximate surface area is 126 Å². The standard InChI is InChI=1S/C14H17BrFNO3/c1-9-8-20-11(6-15)7-17(9)14(18)10-3-4-12(16)13(5-10)19-2/h3-5,9,11H,6-8H2,1-2H3. The molecule has 1 aromatic carbocycles. The zero-order valence-electron chi connectivity index (χ0n) is 11.4. The number of amides is 1. The number of halogens is 2. The number of hydrogen-bond acceptors (Lipinski definition) is 3. The van der Waals surface area contributed by atoms with Crippen molar-refractivity contribution < 1.29 is 18.7 Å². The summed E-state index contributed by atoms with van der Waals surface area (Å²) in [6, 6.07) is 4.15. The van der Waals surface area contributed by atoms with Gasteiger partial charge in [-0.2, -0.15) is 0 Å². The molecule has 4 nitrogen and oxygen atoms in total. The van der Waals surface area contributed by atoms with Gasteiger partial charge in [0, 0.05) is 17.4 Å². The minimum Gasteiger partial charge on any atom is -0.494 e. The summed E-state index contributed by atoms with van der Waals surface area (Å²) in [6.45, 7) is 2.95. The Morgan fingerprint density at radius 2 is 2.35 bits per heavy atom. The van der Waals surface area contributed by atoms with Crippen LogP contribution in [0.5, 0.6) is 5.75 Å². The van der Waals surface area contributed by atoms with E-state index in [-0.39, 0.29) is 23.8 Å². The van der Waals surface area contributed by atoms with Gasteiger partial charge in [-0.15, -0.1) is 0 Å². The second-order valence-electron chi connectivity index (χ2n) is 4.77. The third-order valence-electron chi connectivity index (χ3n) is 3.34. The predicted octanol–water partition coefficient (Wildman–Crippen LogP) is 2.46. The molecule has 0 aromatic heterocycles. The molecule has 1 amide bonds. The van der Waals surface area contributed by atoms with Crippen molar-refractivity contribution in [2.45, 2.75) is 19.1 Å². The first-order chi connectivity index (χ1) is 9.56. The molecule has 2 rings (SSSR count). The first-order valence-corrected chi connectivity index (χ1v) is 7.51. The molecule has 1 aliphatic heterocycles. The van der Waals surface area contributed by atoms with Gasteiger partial charge in [0.25, 0.3) is 5.91 Å². The van der Waals surface area contributed by atoms with Crippen LogP contribution in [0, 0.1) is 5.82 Å². The highest BCUT2D eigenvalue weighted by molar-refractivity contribution is 9.09. The first-order valence-electron chi connectivity index (χ1n) is 6.39. The number of carbonyl (C=O) groups excluding carboxylic acids is 1. The van der Waals surface area contributed by atoms with Crippen LogP contribution >= 0.6 is 15.9 Å². The van der Waals surface area contributed by atoms with Crippen molar-refractivity contribution >= 4 is 21.8 Å². The molecule has 20 heavy (non-hydrogen) atoms. The molecule has 1 heterocycles. The van der Waals surface area contributed by atoms with Gasteiger partial charge in [0.2, 0.25) is 0 Å². The van der Waals surface area contributed by atoms with E-state index in [4.69, 9.17) is 9.47 Å². The molecule has 0 radical (unpaired) electrons. The van der Waals surface area contributed by atoms with Crippen molar-refractivity contribution in [1.29, 1.82) is 0 Å². The molecule has 2 unspecified atom stereocenters. The zero-order valence-corrected chi connectivity index (χ0v) is 13.0. The lowest BCUT2D eigenvalue weighted by Gasteiger charge is -2.37. The van der Waals surface area contributed by atoms with Crippen molar-refractivity contribution in [3.05, 3.63) is 29.6 Å². The molecule has 0 bridgehead atoms. The van der Waals surface area contributed by atoms with E-state index in [0.717, 1.165) is 0 Å². The SMILES string of the molecule is COc1cc(C(=O)N2CC(CBr)OCC2C)ccc1F. The van der Waals surface area contributed by atoms with Gasteiger partial charge < -0.3 is 14.4 Å². The third kappa shape index (κ3) is 3.12. The molecule has 1 aromatic rings. The van der Waals surface area contributed by atoms with Gasteiger partial charge in [-0.05, 0) is 25.1 Å². The minimum atomic E-state index is -0.475. The van der Waals surface area contributed by atoms with Gasteiger partial charge in [-0.25, -0.2) is 4.39 Å². The second-order valence-corrected chi connectivity index (χ2v) is 5.41. The quantitative estimate of drug-likeness (QED) is 0.790. The zero-order chi connectivity index (χ0) is 14.7. The molecule has 0 spiro atoms. The fraction of sp³-hybridized carbons (Fsp3) is 0.500. The van der Waals surface area contributed by atoms with Gasteiger partial charge in [-0.1, -0.05) is 15.9 Å². The maximum atomic E-state index is 13.4. The summed E-state index contributed by atoms with van der Waals surface area (Å²) in [4.78, 5) is 14.3. The highest BCUT2D eigenvalue weighted by Gasteiger charge is 2.30. The average molecular weight is 346 g/mol. The van der Waals surface area contributed by atoms with E-state index in [1.165, 1.54) is 25.3 Å². The summed E-state index contributed by atoms with van der Waals surface area (Å²) in [6.07, 6.45) is -0.0162. The molecule has 0 aliphatic carbocycles. The van der Waals surface area contributed by atoms with Crippen LogP contribution in [0.4, 0.5) is 4.39 Å². The smallest absolute Gasteiger partial charge is 0.254 e. The van der Waals surface area contributed by atoms with Gasteiger partial charge in [0.1, 0.15) is 0 Å². The highest BCUT2D eigenvalue weighted by atomic mass is 79.9. The van der Waals surface area contributed by atoms with Crippen molar-refractivity contribution in [3.8, 4) is 5.75 Å². The molecule has 1 aliphatic rings. The van der Waals surface area contributed by atoms with Crippen molar-refractivity contribution in [2.75, 3.05) is 25.6 Å². The fourth-order valence-corrected chi connectivity index (χ4v) is 2.54. The Balaban J connectivity index is 2.21. The predicted molar refractivity (Wildman–Crippen MR) is 77.0 cm³/mol. The molecule has 0 N–H and O–H groups in total. The topological polar surface area (TPSA) is 38.8 Å². The van der Waals surface area contributed by atoms with E-state index >= 15 is 0 Å². The monoisotopic (exact) mass is 345 g/mol. The molecule has 1 saturated heterocycles. The molecule has 2 atom stereocenters. The fourth-order valence-electron chi connectivity index (χ4n) is 2.15. The molecule has 110 valence electrons. The van der Waals surface area contributed by atoms with Gasteiger partial charge in [-0.3, -0.25) is 4.79 Å². The second kappa shape index (κ2) is 6.54. The largest absolute Gasteiger partial charge is 0.494 e. The Kier molecular flexibility index (Phi) is 4.99. The van der Waals surface area contributed by atoms with Crippen LogP contribution in [0.2, 0.25) is 0 Å². The van der Waals surface area contributed by atoms with Crippen LogP contribution in [0.3, 0.4) is 0 Å². The van der Waals surface area contributed by atoms with E-state index in [2.05, 4.69) is 15.9 Å². The van der Waals surface area contributed by atoms with E-state index in [0.29, 0.717) is 24.0 Å². The van der Waals surface area contributed by atoms with Crippen LogP contribution in [0.1, 0.15) is 17.3 Å². The number of carbonyl (C=O) groups is 1. The molecule has 1 fully saturated rings. The van der Waals surface area contributed by atoms with Gasteiger partial charge >= 0.3 is 0 Å². The third-order valence-corrected chi connectivity index (χ3v) is 4.06. The maximum Gasteiger partial charge on any atom is 0.254 e. The summed E-state index contributed by atoms with van der Waals surface area (Å²) < 4.78 is 23.9. The number of nitrogens with zero attached hydrogens (tertiary/aromatic N) is 1. The summed E-state index contributed by atoms with van der Waals surface area (Å²) in [5.74, 6) is -0.531. The Morgan fingerprint density at radius 1 is 1.60 bits per heavy atom. The van der Waals surface area contributed by atoms with Crippen LogP contribution in [0.25, 0.3) is 0 Å². The molecular formula is C14H17BrFNO3. The number of alkyl halides is 1. The summed E-state index contributed by atoms with van der Waals surface area (Å²) in [5.41, 5.74) is 0.422. The average Bonchev–Trinajstić information content (AvgIpc) is 2.47. The van der Waals surface area contributed by atoms with Crippen LogP contribution in [-0.4, -0.2) is 48.5 Å². The lowest BCUT2D eigenvalue weighted by molar-refractivity contribution is -0.0361. The summed E-state index contributed by atoms with van der Waals surface area (Å²) >= 11 is 3.36. The summed E-state index contributed by atoms with van der Waals surface area (Å²) in [7, 11) is 1.38. The van der Waals surface area contributed by atoms with Crippen LogP contribution < -0.4 is 4.74 Å². The highest BCUT2D eigenvalue weighted by Crippen LogP contribution is 2.22. The van der Waals surface area contributed by atoms with E-state index in [1.54, 1.807) is 4.90 Å².